The number of hydrogen-bond acceptors (Lipinski definition) is 8. The molecule has 15 atom stereocenters. The van der Waals surface area contributed by atoms with Crippen molar-refractivity contribution in [2.24, 2.45) is 45.3 Å². The van der Waals surface area contributed by atoms with Gasteiger partial charge in [-0.2, -0.15) is 0 Å². The maximum Gasteiger partial charge on any atom is 0.186 e. The summed E-state index contributed by atoms with van der Waals surface area (Å²) < 4.78 is 12.2. The molecule has 4 saturated carbocycles. The lowest BCUT2D eigenvalue weighted by atomic mass is 9.35. The minimum absolute atomic E-state index is 0.0231. The molecule has 0 bridgehead atoms. The maximum atomic E-state index is 12.0. The Labute approximate surface area is 265 Å². The second-order valence-corrected chi connectivity index (χ2v) is 17.3. The normalized spacial score (nSPS) is 51.5. The van der Waals surface area contributed by atoms with Gasteiger partial charge in [0, 0.05) is 0 Å². The Kier molecular flexibility index (Phi) is 9.35. The zero-order valence-electron chi connectivity index (χ0n) is 28.5. The van der Waals surface area contributed by atoms with Crippen molar-refractivity contribution in [1.29, 1.82) is 0 Å². The Bertz CT molecular complexity index is 1070. The minimum Gasteiger partial charge on any atom is -0.394 e. The summed E-state index contributed by atoms with van der Waals surface area (Å²) in [4.78, 5) is 0. The Morgan fingerprint density at radius 3 is 2.18 bits per heavy atom. The van der Waals surface area contributed by atoms with Gasteiger partial charge in [0.05, 0.1) is 24.4 Å². The summed E-state index contributed by atoms with van der Waals surface area (Å²) in [7, 11) is 0. The standard InChI is InChI=1S/C36H62O8/c1-20(2)10-9-14-36(8,42)21-11-16-35(7)27(21)22(38)18-25-33(5)15-13-26(32(3,4)24(33)12-17-34(25,35)6)44-31-30(41)29(40)28(39)23(19-37)43-31/h10,21-31,37-42H,9,11-19H2,1-8H3/t21-,22+,23+,24-,25+,26-,27-,28+,29-,30+,31-,33-,34+,35+,36+/m0/s1. The van der Waals surface area contributed by atoms with Crippen LogP contribution in [-0.4, -0.2) is 85.8 Å². The fraction of sp³-hybridized carbons (Fsp3) is 0.944. The molecule has 1 aliphatic heterocycles. The van der Waals surface area contributed by atoms with Crippen molar-refractivity contribution >= 4 is 0 Å². The molecular formula is C36H62O8. The number of aliphatic hydroxyl groups excluding tert-OH is 5. The summed E-state index contributed by atoms with van der Waals surface area (Å²) in [6.45, 7) is 17.5. The van der Waals surface area contributed by atoms with E-state index in [0.717, 1.165) is 51.4 Å². The molecule has 0 spiro atoms. The van der Waals surface area contributed by atoms with Gasteiger partial charge in [-0.15, -0.1) is 0 Å². The lowest BCUT2D eigenvalue weighted by Gasteiger charge is -2.70. The third-order valence-electron chi connectivity index (χ3n) is 14.5. The lowest BCUT2D eigenvalue weighted by molar-refractivity contribution is -0.332. The summed E-state index contributed by atoms with van der Waals surface area (Å²) >= 11 is 0. The molecule has 6 N–H and O–H groups in total. The van der Waals surface area contributed by atoms with Gasteiger partial charge in [0.1, 0.15) is 24.4 Å². The first-order valence-corrected chi connectivity index (χ1v) is 17.3. The van der Waals surface area contributed by atoms with E-state index in [-0.39, 0.29) is 39.6 Å². The number of fused-ring (bicyclic) bond motifs is 5. The summed E-state index contributed by atoms with van der Waals surface area (Å²) in [6.07, 6.45) is 3.15. The van der Waals surface area contributed by atoms with Crippen LogP contribution in [0.25, 0.3) is 0 Å². The largest absolute Gasteiger partial charge is 0.394 e. The van der Waals surface area contributed by atoms with Crippen LogP contribution in [0.4, 0.5) is 0 Å². The van der Waals surface area contributed by atoms with Gasteiger partial charge in [-0.05, 0) is 124 Å². The third-order valence-corrected chi connectivity index (χ3v) is 14.5. The monoisotopic (exact) mass is 622 g/mol. The van der Waals surface area contributed by atoms with E-state index in [0.29, 0.717) is 18.3 Å². The van der Waals surface area contributed by atoms with E-state index in [2.05, 4.69) is 54.5 Å². The van der Waals surface area contributed by atoms with Crippen LogP contribution in [0.5, 0.6) is 0 Å². The number of ether oxygens (including phenoxy) is 2. The van der Waals surface area contributed by atoms with Gasteiger partial charge in [-0.25, -0.2) is 0 Å². The first kappa shape index (κ1) is 34.7. The van der Waals surface area contributed by atoms with Crippen LogP contribution in [0.1, 0.15) is 113 Å². The Morgan fingerprint density at radius 1 is 0.886 bits per heavy atom. The van der Waals surface area contributed by atoms with Gasteiger partial charge in [0.15, 0.2) is 6.29 Å². The average Bonchev–Trinajstić information content (AvgIpc) is 3.32. The van der Waals surface area contributed by atoms with Gasteiger partial charge >= 0.3 is 0 Å². The number of rotatable bonds is 7. The molecular weight excluding hydrogens is 560 g/mol. The van der Waals surface area contributed by atoms with E-state index in [1.54, 1.807) is 0 Å². The van der Waals surface area contributed by atoms with Crippen molar-refractivity contribution < 1.29 is 40.1 Å². The van der Waals surface area contributed by atoms with Crippen LogP contribution in [0.15, 0.2) is 11.6 Å². The molecule has 0 amide bonds. The van der Waals surface area contributed by atoms with Crippen LogP contribution in [0.3, 0.4) is 0 Å². The van der Waals surface area contributed by atoms with Crippen molar-refractivity contribution in [3.05, 3.63) is 11.6 Å². The van der Waals surface area contributed by atoms with Crippen molar-refractivity contribution in [3.8, 4) is 0 Å². The van der Waals surface area contributed by atoms with E-state index >= 15 is 0 Å². The molecule has 0 unspecified atom stereocenters. The maximum absolute atomic E-state index is 12.0. The molecule has 0 aromatic carbocycles. The van der Waals surface area contributed by atoms with E-state index in [9.17, 15) is 30.6 Å². The lowest BCUT2D eigenvalue weighted by Crippen LogP contribution is -2.67. The summed E-state index contributed by atoms with van der Waals surface area (Å²) in [5, 5.41) is 64.8. The first-order valence-electron chi connectivity index (χ1n) is 17.3. The summed E-state index contributed by atoms with van der Waals surface area (Å²) in [5.74, 6) is 0.792. The van der Waals surface area contributed by atoms with Crippen LogP contribution >= 0.6 is 0 Å². The number of hydrogen-bond donors (Lipinski definition) is 6. The molecule has 0 aromatic rings. The molecule has 4 aliphatic carbocycles. The highest BCUT2D eigenvalue weighted by Gasteiger charge is 2.71. The molecule has 1 saturated heterocycles. The van der Waals surface area contributed by atoms with E-state index in [4.69, 9.17) is 9.47 Å². The van der Waals surface area contributed by atoms with Gasteiger partial charge in [0.25, 0.3) is 0 Å². The van der Waals surface area contributed by atoms with Crippen molar-refractivity contribution in [1.82, 2.24) is 0 Å². The van der Waals surface area contributed by atoms with Crippen molar-refractivity contribution in [2.45, 2.75) is 162 Å². The Balaban J connectivity index is 1.37. The van der Waals surface area contributed by atoms with Crippen molar-refractivity contribution in [2.75, 3.05) is 6.61 Å². The zero-order valence-corrected chi connectivity index (χ0v) is 28.5. The second-order valence-electron chi connectivity index (χ2n) is 17.3. The highest BCUT2D eigenvalue weighted by molar-refractivity contribution is 5.20. The number of allylic oxidation sites excluding steroid dienone is 2. The van der Waals surface area contributed by atoms with Gasteiger partial charge in [0.2, 0.25) is 0 Å². The molecule has 1 heterocycles. The summed E-state index contributed by atoms with van der Waals surface area (Å²) in [6, 6.07) is 0. The molecule has 8 heteroatoms. The SMILES string of the molecule is CC(C)=CCC[C@@](C)(O)[C@H]1CC[C@]2(C)[C@@H]1[C@H](O)C[C@@H]1[C@@]3(C)CC[C@H](O[C@@H]4O[C@H](CO)[C@@H](O)[C@H](O)[C@H]4O)C(C)(C)[C@@H]3CC[C@]12C. The third kappa shape index (κ3) is 5.26. The zero-order chi connectivity index (χ0) is 32.6. The van der Waals surface area contributed by atoms with Crippen LogP contribution < -0.4 is 0 Å². The predicted octanol–water partition coefficient (Wildman–Crippen LogP) is 4.32. The highest BCUT2D eigenvalue weighted by Crippen LogP contribution is 2.76. The van der Waals surface area contributed by atoms with E-state index in [1.807, 2.05) is 6.92 Å². The topological polar surface area (TPSA) is 140 Å². The molecule has 0 radical (unpaired) electrons. The quantitative estimate of drug-likeness (QED) is 0.182. The van der Waals surface area contributed by atoms with E-state index in [1.165, 1.54) is 5.57 Å². The smallest absolute Gasteiger partial charge is 0.186 e. The molecule has 5 aliphatic rings. The summed E-state index contributed by atoms with van der Waals surface area (Å²) in [5.41, 5.74) is 0.122. The Morgan fingerprint density at radius 2 is 1.55 bits per heavy atom. The molecule has 5 fully saturated rings. The molecule has 44 heavy (non-hydrogen) atoms. The fourth-order valence-corrected chi connectivity index (χ4v) is 11.9. The molecule has 254 valence electrons. The van der Waals surface area contributed by atoms with Crippen LogP contribution in [-0.2, 0) is 9.47 Å². The molecule has 8 nitrogen and oxygen atoms in total. The molecule has 5 rings (SSSR count). The predicted molar refractivity (Wildman–Crippen MR) is 168 cm³/mol. The van der Waals surface area contributed by atoms with Gasteiger partial charge < -0.3 is 40.1 Å². The Hall–Kier alpha value is -0.580. The van der Waals surface area contributed by atoms with Crippen LogP contribution in [0.2, 0.25) is 0 Å². The minimum atomic E-state index is -1.46. The average molecular weight is 623 g/mol. The first-order chi connectivity index (χ1) is 20.3. The highest BCUT2D eigenvalue weighted by atomic mass is 16.7. The fourth-order valence-electron chi connectivity index (χ4n) is 11.9. The van der Waals surface area contributed by atoms with Gasteiger partial charge in [-0.1, -0.05) is 46.3 Å². The van der Waals surface area contributed by atoms with Gasteiger partial charge in [-0.3, -0.25) is 0 Å². The van der Waals surface area contributed by atoms with Crippen molar-refractivity contribution in [3.63, 3.8) is 0 Å². The van der Waals surface area contributed by atoms with Crippen LogP contribution in [0, 0.1) is 45.3 Å². The second kappa shape index (κ2) is 11.8. The number of aliphatic hydroxyl groups is 6. The molecule has 0 aromatic heterocycles. The van der Waals surface area contributed by atoms with E-state index < -0.39 is 49.0 Å².